The van der Waals surface area contributed by atoms with Gasteiger partial charge in [0, 0.05) is 18.3 Å². The second kappa shape index (κ2) is 4.77. The van der Waals surface area contributed by atoms with Gasteiger partial charge in [-0.1, -0.05) is 12.8 Å². The number of hydrogen-bond donors (Lipinski definition) is 2. The lowest BCUT2D eigenvalue weighted by molar-refractivity contribution is -0.150. The summed E-state index contributed by atoms with van der Waals surface area (Å²) < 4.78 is 1.68. The average Bonchev–Trinajstić information content (AvgIpc) is 2.89. The largest absolute Gasteiger partial charge is 0.481 e. The van der Waals surface area contributed by atoms with E-state index in [0.717, 1.165) is 24.9 Å². The number of anilines is 1. The number of carboxylic acid groups (broad SMARTS) is 1. The minimum Gasteiger partial charge on any atom is -0.481 e. The summed E-state index contributed by atoms with van der Waals surface area (Å²) in [7, 11) is 0. The van der Waals surface area contributed by atoms with Crippen LogP contribution in [0, 0.1) is 5.41 Å². The highest BCUT2D eigenvalue weighted by Crippen LogP contribution is 2.37. The first-order valence-electron chi connectivity index (χ1n) is 6.90. The molecule has 0 bridgehead atoms. The number of rotatable bonds is 3. The molecular weight excluding hydrogens is 256 g/mol. The maximum Gasteiger partial charge on any atom is 0.311 e. The summed E-state index contributed by atoms with van der Waals surface area (Å²) in [4.78, 5) is 16.0. The lowest BCUT2D eigenvalue weighted by Crippen LogP contribution is -2.46. The minimum absolute atomic E-state index is 0.0911. The Balaban J connectivity index is 1.86. The topological polar surface area (TPSA) is 79.5 Å². The maximum atomic E-state index is 11.6. The molecule has 0 spiro atoms. The second-order valence-corrected chi connectivity index (χ2v) is 5.61. The third kappa shape index (κ3) is 2.11. The van der Waals surface area contributed by atoms with Gasteiger partial charge in [-0.15, -0.1) is 0 Å². The van der Waals surface area contributed by atoms with Crippen molar-refractivity contribution in [3.8, 4) is 0 Å². The molecule has 6 heteroatoms. The summed E-state index contributed by atoms with van der Waals surface area (Å²) in [5, 5.41) is 16.9. The van der Waals surface area contributed by atoms with Crippen LogP contribution in [-0.2, 0) is 4.79 Å². The van der Waals surface area contributed by atoms with Crippen LogP contribution in [0.3, 0.4) is 0 Å². The van der Waals surface area contributed by atoms with Gasteiger partial charge >= 0.3 is 5.97 Å². The lowest BCUT2D eigenvalue weighted by Gasteiger charge is -2.38. The van der Waals surface area contributed by atoms with Gasteiger partial charge in [0.05, 0.1) is 11.6 Å². The number of carboxylic acids is 1. The zero-order chi connectivity index (χ0) is 14.2. The smallest absolute Gasteiger partial charge is 0.311 e. The van der Waals surface area contributed by atoms with E-state index in [2.05, 4.69) is 15.4 Å². The molecule has 1 aliphatic carbocycles. The fraction of sp³-hybridized carbons (Fsp3) is 0.500. The number of hydrogen-bond acceptors (Lipinski definition) is 4. The van der Waals surface area contributed by atoms with E-state index in [0.29, 0.717) is 12.2 Å². The van der Waals surface area contributed by atoms with Crippen LogP contribution >= 0.6 is 0 Å². The summed E-state index contributed by atoms with van der Waals surface area (Å²) in [6, 6.07) is 3.56. The van der Waals surface area contributed by atoms with Gasteiger partial charge in [0.15, 0.2) is 5.65 Å². The number of fused-ring (bicyclic) bond motifs is 1. The van der Waals surface area contributed by atoms with Crippen LogP contribution in [0.25, 0.3) is 5.65 Å². The Kier molecular flexibility index (Phi) is 3.08. The highest BCUT2D eigenvalue weighted by atomic mass is 16.4. The van der Waals surface area contributed by atoms with Crippen LogP contribution in [-0.4, -0.2) is 31.7 Å². The van der Waals surface area contributed by atoms with Gasteiger partial charge in [0.1, 0.15) is 5.82 Å². The Hall–Kier alpha value is -2.11. The standard InChI is InChI=1S/C14H18N4O2/c1-14(13(19)20)7-3-2-4-10(14)16-11-6-9-18-12(17-11)5-8-15-18/h5-6,8-10H,2-4,7H2,1H3,(H,16,17)(H,19,20). The molecule has 0 aliphatic heterocycles. The number of aliphatic carboxylic acids is 1. The Morgan fingerprint density at radius 2 is 2.35 bits per heavy atom. The lowest BCUT2D eigenvalue weighted by atomic mass is 9.71. The Bertz CT molecular complexity index is 639. The predicted octanol–water partition coefficient (Wildman–Crippen LogP) is 2.17. The summed E-state index contributed by atoms with van der Waals surface area (Å²) in [5.41, 5.74) is 0.0228. The first-order chi connectivity index (χ1) is 9.59. The molecule has 1 aliphatic rings. The summed E-state index contributed by atoms with van der Waals surface area (Å²) >= 11 is 0. The van der Waals surface area contributed by atoms with Crippen molar-refractivity contribution >= 4 is 17.4 Å². The van der Waals surface area contributed by atoms with E-state index in [4.69, 9.17) is 0 Å². The normalized spacial score (nSPS) is 26.6. The zero-order valence-electron chi connectivity index (χ0n) is 11.4. The molecule has 1 saturated carbocycles. The van der Waals surface area contributed by atoms with E-state index in [1.165, 1.54) is 0 Å². The fourth-order valence-electron chi connectivity index (χ4n) is 2.89. The van der Waals surface area contributed by atoms with Gasteiger partial charge in [-0.3, -0.25) is 4.79 Å². The van der Waals surface area contributed by atoms with Gasteiger partial charge in [-0.2, -0.15) is 5.10 Å². The van der Waals surface area contributed by atoms with Crippen molar-refractivity contribution in [2.24, 2.45) is 5.41 Å². The van der Waals surface area contributed by atoms with Gasteiger partial charge in [-0.25, -0.2) is 9.50 Å². The Labute approximate surface area is 116 Å². The number of aromatic nitrogens is 3. The molecule has 1 fully saturated rings. The van der Waals surface area contributed by atoms with E-state index in [9.17, 15) is 9.90 Å². The van der Waals surface area contributed by atoms with Crippen molar-refractivity contribution in [1.29, 1.82) is 0 Å². The van der Waals surface area contributed by atoms with Crippen molar-refractivity contribution in [2.75, 3.05) is 5.32 Å². The minimum atomic E-state index is -0.736. The van der Waals surface area contributed by atoms with Crippen molar-refractivity contribution in [3.63, 3.8) is 0 Å². The SMILES string of the molecule is CC1(C(=O)O)CCCCC1Nc1ccn2nccc2n1. The quantitative estimate of drug-likeness (QED) is 0.896. The van der Waals surface area contributed by atoms with Crippen LogP contribution in [0.1, 0.15) is 32.6 Å². The third-order valence-corrected chi connectivity index (χ3v) is 4.28. The van der Waals surface area contributed by atoms with Crippen LogP contribution in [0.5, 0.6) is 0 Å². The molecule has 2 heterocycles. The van der Waals surface area contributed by atoms with Crippen LogP contribution < -0.4 is 5.32 Å². The predicted molar refractivity (Wildman–Crippen MR) is 74.6 cm³/mol. The van der Waals surface area contributed by atoms with Gasteiger partial charge in [-0.05, 0) is 25.8 Å². The summed E-state index contributed by atoms with van der Waals surface area (Å²) in [6.45, 7) is 1.82. The third-order valence-electron chi connectivity index (χ3n) is 4.28. The fourth-order valence-corrected chi connectivity index (χ4v) is 2.89. The van der Waals surface area contributed by atoms with Gasteiger partial charge in [0.25, 0.3) is 0 Å². The highest BCUT2D eigenvalue weighted by molar-refractivity contribution is 5.76. The first-order valence-corrected chi connectivity index (χ1v) is 6.90. The van der Waals surface area contributed by atoms with Crippen LogP contribution in [0.2, 0.25) is 0 Å². The molecule has 2 unspecified atom stereocenters. The number of nitrogens with zero attached hydrogens (tertiary/aromatic N) is 3. The van der Waals surface area contributed by atoms with Crippen molar-refractivity contribution < 1.29 is 9.90 Å². The van der Waals surface area contributed by atoms with Crippen molar-refractivity contribution in [1.82, 2.24) is 14.6 Å². The molecule has 2 N–H and O–H groups in total. The monoisotopic (exact) mass is 274 g/mol. The highest BCUT2D eigenvalue weighted by Gasteiger charge is 2.43. The molecule has 0 saturated heterocycles. The van der Waals surface area contributed by atoms with Gasteiger partial charge in [0.2, 0.25) is 0 Å². The Morgan fingerprint density at radius 3 is 3.15 bits per heavy atom. The molecule has 2 aromatic heterocycles. The molecule has 106 valence electrons. The summed E-state index contributed by atoms with van der Waals surface area (Å²) in [6.07, 6.45) is 7.09. The van der Waals surface area contributed by atoms with E-state index in [1.807, 2.05) is 25.3 Å². The molecular formula is C14H18N4O2. The average molecular weight is 274 g/mol. The van der Waals surface area contributed by atoms with Crippen LogP contribution in [0.15, 0.2) is 24.5 Å². The maximum absolute atomic E-state index is 11.6. The molecule has 20 heavy (non-hydrogen) atoms. The molecule has 0 amide bonds. The first kappa shape index (κ1) is 12.9. The Morgan fingerprint density at radius 1 is 1.50 bits per heavy atom. The van der Waals surface area contributed by atoms with E-state index in [-0.39, 0.29) is 6.04 Å². The molecule has 2 aromatic rings. The molecule has 0 aromatic carbocycles. The zero-order valence-corrected chi connectivity index (χ0v) is 11.4. The van der Waals surface area contributed by atoms with Gasteiger partial charge < -0.3 is 10.4 Å². The summed E-state index contributed by atoms with van der Waals surface area (Å²) in [5.74, 6) is -0.0301. The van der Waals surface area contributed by atoms with E-state index < -0.39 is 11.4 Å². The van der Waals surface area contributed by atoms with E-state index >= 15 is 0 Å². The van der Waals surface area contributed by atoms with Crippen molar-refractivity contribution in [3.05, 3.63) is 24.5 Å². The number of carbonyl (C=O) groups is 1. The molecule has 2 atom stereocenters. The molecule has 6 nitrogen and oxygen atoms in total. The number of nitrogens with one attached hydrogen (secondary N) is 1. The molecule has 3 rings (SSSR count). The van der Waals surface area contributed by atoms with Crippen LogP contribution in [0.4, 0.5) is 5.82 Å². The van der Waals surface area contributed by atoms with Crippen molar-refractivity contribution in [2.45, 2.75) is 38.6 Å². The second-order valence-electron chi connectivity index (χ2n) is 5.61. The molecule has 0 radical (unpaired) electrons. The van der Waals surface area contributed by atoms with E-state index in [1.54, 1.807) is 10.7 Å².